The van der Waals surface area contributed by atoms with Crippen LogP contribution in [0, 0.1) is 0 Å². The molecule has 2 aromatic rings. The molecule has 19 heavy (non-hydrogen) atoms. The van der Waals surface area contributed by atoms with Crippen LogP contribution < -0.4 is 5.32 Å². The molecular formula is C14H20ClN3O. The molecule has 0 spiro atoms. The van der Waals surface area contributed by atoms with E-state index in [2.05, 4.69) is 28.7 Å². The van der Waals surface area contributed by atoms with Crippen molar-refractivity contribution in [2.24, 2.45) is 7.05 Å². The number of benzene rings is 1. The van der Waals surface area contributed by atoms with Gasteiger partial charge in [0.1, 0.15) is 5.82 Å². The molecule has 4 nitrogen and oxygen atoms in total. The lowest BCUT2D eigenvalue weighted by Crippen LogP contribution is -2.31. The first-order chi connectivity index (χ1) is 9.02. The van der Waals surface area contributed by atoms with E-state index >= 15 is 0 Å². The summed E-state index contributed by atoms with van der Waals surface area (Å²) in [5, 5.41) is 13.1. The lowest BCUT2D eigenvalue weighted by molar-refractivity contribution is 0.263. The number of aliphatic hydroxyl groups is 1. The van der Waals surface area contributed by atoms with Gasteiger partial charge in [-0.15, -0.1) is 0 Å². The molecule has 1 aromatic heterocycles. The molecule has 0 aliphatic rings. The first kappa shape index (κ1) is 14.3. The topological polar surface area (TPSA) is 50.1 Å². The maximum atomic E-state index is 8.94. The van der Waals surface area contributed by atoms with Gasteiger partial charge in [-0.05, 0) is 38.5 Å². The maximum Gasteiger partial charge on any atom is 0.126 e. The van der Waals surface area contributed by atoms with Gasteiger partial charge in [0.15, 0.2) is 0 Å². The van der Waals surface area contributed by atoms with Crippen LogP contribution in [-0.4, -0.2) is 27.3 Å². The smallest absolute Gasteiger partial charge is 0.126 e. The van der Waals surface area contributed by atoms with E-state index in [4.69, 9.17) is 16.7 Å². The second kappa shape index (κ2) is 5.90. The monoisotopic (exact) mass is 281 g/mol. The number of hydrogen-bond acceptors (Lipinski definition) is 3. The molecule has 0 amide bonds. The van der Waals surface area contributed by atoms with Crippen LogP contribution in [0.3, 0.4) is 0 Å². The average Bonchev–Trinajstić information content (AvgIpc) is 2.67. The Bertz CT molecular complexity index is 567. The molecule has 0 saturated carbocycles. The second-order valence-electron chi connectivity index (χ2n) is 4.96. The zero-order valence-electron chi connectivity index (χ0n) is 11.5. The molecule has 0 aliphatic carbocycles. The number of aromatic nitrogens is 2. The van der Waals surface area contributed by atoms with E-state index in [1.807, 2.05) is 25.2 Å². The van der Waals surface area contributed by atoms with Crippen LogP contribution in [0.5, 0.6) is 0 Å². The second-order valence-corrected chi connectivity index (χ2v) is 5.40. The van der Waals surface area contributed by atoms with Gasteiger partial charge in [0.2, 0.25) is 0 Å². The Morgan fingerprint density at radius 2 is 2.16 bits per heavy atom. The molecule has 1 heterocycles. The zero-order valence-corrected chi connectivity index (χ0v) is 12.3. The van der Waals surface area contributed by atoms with E-state index in [1.165, 1.54) is 0 Å². The van der Waals surface area contributed by atoms with Gasteiger partial charge >= 0.3 is 0 Å². The van der Waals surface area contributed by atoms with Crippen molar-refractivity contribution in [2.45, 2.75) is 32.4 Å². The summed E-state index contributed by atoms with van der Waals surface area (Å²) < 4.78 is 2.06. The molecular weight excluding hydrogens is 262 g/mol. The Morgan fingerprint density at radius 1 is 1.42 bits per heavy atom. The Kier molecular flexibility index (Phi) is 4.45. The number of aryl methyl sites for hydroxylation is 1. The van der Waals surface area contributed by atoms with Gasteiger partial charge in [-0.2, -0.15) is 0 Å². The largest absolute Gasteiger partial charge is 0.396 e. The molecule has 104 valence electrons. The van der Waals surface area contributed by atoms with Gasteiger partial charge in [0.25, 0.3) is 0 Å². The fraction of sp³-hybridized carbons (Fsp3) is 0.500. The Balaban J connectivity index is 2.27. The summed E-state index contributed by atoms with van der Waals surface area (Å²) in [6.45, 7) is 4.34. The van der Waals surface area contributed by atoms with Crippen LogP contribution in [0.1, 0.15) is 32.1 Å². The van der Waals surface area contributed by atoms with Gasteiger partial charge in [0.05, 0.1) is 17.1 Å². The zero-order chi connectivity index (χ0) is 14.0. The van der Waals surface area contributed by atoms with Crippen molar-refractivity contribution in [3.63, 3.8) is 0 Å². The molecule has 2 N–H and O–H groups in total. The summed E-state index contributed by atoms with van der Waals surface area (Å²) in [7, 11) is 2.00. The molecule has 5 heteroatoms. The number of fused-ring (bicyclic) bond motifs is 1. The summed E-state index contributed by atoms with van der Waals surface area (Å²) in [5.41, 5.74) is 1.98. The third-order valence-corrected chi connectivity index (χ3v) is 3.60. The minimum atomic E-state index is 0.123. The highest BCUT2D eigenvalue weighted by atomic mass is 35.5. The van der Waals surface area contributed by atoms with E-state index in [-0.39, 0.29) is 18.7 Å². The number of halogens is 1. The minimum absolute atomic E-state index is 0.123. The van der Waals surface area contributed by atoms with Crippen molar-refractivity contribution in [2.75, 3.05) is 6.61 Å². The van der Waals surface area contributed by atoms with Crippen molar-refractivity contribution in [3.8, 4) is 0 Å². The van der Waals surface area contributed by atoms with Crippen LogP contribution >= 0.6 is 11.6 Å². The number of aliphatic hydroxyl groups excluding tert-OH is 1. The molecule has 0 saturated heterocycles. The quantitative estimate of drug-likeness (QED) is 0.886. The molecule has 2 rings (SSSR count). The van der Waals surface area contributed by atoms with Crippen molar-refractivity contribution >= 4 is 22.6 Å². The predicted molar refractivity (Wildman–Crippen MR) is 78.4 cm³/mol. The third-order valence-electron chi connectivity index (χ3n) is 3.36. The van der Waals surface area contributed by atoms with Gasteiger partial charge in [0, 0.05) is 24.7 Å². The van der Waals surface area contributed by atoms with E-state index in [0.717, 1.165) is 28.3 Å². The standard InChI is InChI=1S/C14H20ClN3O/c1-9(6-7-19)16-10(2)14-17-12-5-4-11(15)8-13(12)18(14)3/h4-5,8-10,16,19H,6-7H2,1-3H3. The van der Waals surface area contributed by atoms with Crippen molar-refractivity contribution in [1.29, 1.82) is 0 Å². The summed E-state index contributed by atoms with van der Waals surface area (Å²) >= 11 is 6.02. The number of hydrogen-bond donors (Lipinski definition) is 2. The molecule has 2 atom stereocenters. The Morgan fingerprint density at radius 3 is 2.84 bits per heavy atom. The highest BCUT2D eigenvalue weighted by Gasteiger charge is 2.16. The van der Waals surface area contributed by atoms with E-state index in [1.54, 1.807) is 0 Å². The molecule has 2 unspecified atom stereocenters. The van der Waals surface area contributed by atoms with Gasteiger partial charge < -0.3 is 15.0 Å². The lowest BCUT2D eigenvalue weighted by Gasteiger charge is -2.19. The summed E-state index contributed by atoms with van der Waals surface area (Å²) in [6, 6.07) is 6.09. The third kappa shape index (κ3) is 3.08. The van der Waals surface area contributed by atoms with E-state index in [0.29, 0.717) is 0 Å². The van der Waals surface area contributed by atoms with E-state index < -0.39 is 0 Å². The van der Waals surface area contributed by atoms with Crippen LogP contribution in [0.4, 0.5) is 0 Å². The first-order valence-electron chi connectivity index (χ1n) is 6.51. The highest BCUT2D eigenvalue weighted by Crippen LogP contribution is 2.23. The molecule has 0 bridgehead atoms. The highest BCUT2D eigenvalue weighted by molar-refractivity contribution is 6.31. The van der Waals surface area contributed by atoms with Crippen LogP contribution in [0.15, 0.2) is 18.2 Å². The normalized spacial score (nSPS) is 14.8. The number of nitrogens with zero attached hydrogens (tertiary/aromatic N) is 2. The number of nitrogens with one attached hydrogen (secondary N) is 1. The predicted octanol–water partition coefficient (Wildman–Crippen LogP) is 2.65. The average molecular weight is 282 g/mol. The van der Waals surface area contributed by atoms with Crippen LogP contribution in [0.2, 0.25) is 5.02 Å². The molecule has 1 aromatic carbocycles. The molecule has 0 radical (unpaired) electrons. The maximum absolute atomic E-state index is 8.94. The molecule has 0 aliphatic heterocycles. The number of imidazole rings is 1. The first-order valence-corrected chi connectivity index (χ1v) is 6.89. The minimum Gasteiger partial charge on any atom is -0.396 e. The number of rotatable bonds is 5. The fourth-order valence-corrected chi connectivity index (χ4v) is 2.51. The van der Waals surface area contributed by atoms with Crippen molar-refractivity contribution in [3.05, 3.63) is 29.0 Å². The van der Waals surface area contributed by atoms with Crippen LogP contribution in [0.25, 0.3) is 11.0 Å². The Labute approximate surface area is 118 Å². The molecule has 0 fully saturated rings. The SMILES string of the molecule is CC(CCO)NC(C)c1nc2ccc(Cl)cc2n1C. The van der Waals surface area contributed by atoms with Gasteiger partial charge in [-0.1, -0.05) is 11.6 Å². The summed E-state index contributed by atoms with van der Waals surface area (Å²) in [4.78, 5) is 4.65. The van der Waals surface area contributed by atoms with Crippen molar-refractivity contribution < 1.29 is 5.11 Å². The fourth-order valence-electron chi connectivity index (χ4n) is 2.35. The van der Waals surface area contributed by atoms with Gasteiger partial charge in [-0.25, -0.2) is 4.98 Å². The summed E-state index contributed by atoms with van der Waals surface area (Å²) in [5.74, 6) is 0.974. The van der Waals surface area contributed by atoms with Crippen molar-refractivity contribution in [1.82, 2.24) is 14.9 Å². The summed E-state index contributed by atoms with van der Waals surface area (Å²) in [6.07, 6.45) is 0.736. The Hall–Kier alpha value is -1.10. The van der Waals surface area contributed by atoms with Gasteiger partial charge in [-0.3, -0.25) is 0 Å². The van der Waals surface area contributed by atoms with E-state index in [9.17, 15) is 0 Å². The lowest BCUT2D eigenvalue weighted by atomic mass is 10.2. The van der Waals surface area contributed by atoms with Crippen LogP contribution in [-0.2, 0) is 7.05 Å².